The van der Waals surface area contributed by atoms with Crippen LogP contribution in [0.5, 0.6) is 5.88 Å². The minimum Gasteiger partial charge on any atom is -0.477 e. The number of hydrogen-bond acceptors (Lipinski definition) is 3. The number of aromatic nitrogens is 1. The molecule has 0 saturated carbocycles. The van der Waals surface area contributed by atoms with E-state index in [0.717, 1.165) is 19.5 Å². The van der Waals surface area contributed by atoms with Crippen molar-refractivity contribution in [3.8, 4) is 5.88 Å². The SMILES string of the molecule is C=CCCOc1ccc(CNCC)cn1. The number of hydrogen-bond donors (Lipinski definition) is 1. The lowest BCUT2D eigenvalue weighted by Gasteiger charge is -2.05. The maximum absolute atomic E-state index is 5.40. The Labute approximate surface area is 91.2 Å². The van der Waals surface area contributed by atoms with Gasteiger partial charge in [0.1, 0.15) is 0 Å². The third kappa shape index (κ3) is 4.61. The molecule has 0 aromatic carbocycles. The Morgan fingerprint density at radius 1 is 1.53 bits per heavy atom. The van der Waals surface area contributed by atoms with Crippen molar-refractivity contribution >= 4 is 0 Å². The zero-order chi connectivity index (χ0) is 10.9. The molecule has 1 aromatic heterocycles. The van der Waals surface area contributed by atoms with Crippen LogP contribution in [0, 0.1) is 0 Å². The van der Waals surface area contributed by atoms with Gasteiger partial charge in [-0.25, -0.2) is 4.98 Å². The summed E-state index contributed by atoms with van der Waals surface area (Å²) in [4.78, 5) is 4.21. The summed E-state index contributed by atoms with van der Waals surface area (Å²) in [6.07, 6.45) is 4.52. The van der Waals surface area contributed by atoms with Crippen LogP contribution in [0.1, 0.15) is 18.9 Å². The van der Waals surface area contributed by atoms with E-state index in [1.54, 1.807) is 0 Å². The maximum Gasteiger partial charge on any atom is 0.213 e. The van der Waals surface area contributed by atoms with E-state index in [2.05, 4.69) is 23.8 Å². The van der Waals surface area contributed by atoms with Crippen molar-refractivity contribution < 1.29 is 4.74 Å². The van der Waals surface area contributed by atoms with Gasteiger partial charge in [-0.15, -0.1) is 6.58 Å². The molecule has 1 aromatic rings. The Morgan fingerprint density at radius 3 is 3.00 bits per heavy atom. The molecule has 1 N–H and O–H groups in total. The van der Waals surface area contributed by atoms with Gasteiger partial charge in [-0.2, -0.15) is 0 Å². The second kappa shape index (κ2) is 7.01. The summed E-state index contributed by atoms with van der Waals surface area (Å²) in [6, 6.07) is 3.93. The lowest BCUT2D eigenvalue weighted by Crippen LogP contribution is -2.11. The van der Waals surface area contributed by atoms with E-state index in [1.807, 2.05) is 24.4 Å². The van der Waals surface area contributed by atoms with Gasteiger partial charge in [-0.3, -0.25) is 0 Å². The van der Waals surface area contributed by atoms with Crippen LogP contribution >= 0.6 is 0 Å². The molecule has 0 bridgehead atoms. The predicted molar refractivity (Wildman–Crippen MR) is 61.9 cm³/mol. The number of nitrogens with one attached hydrogen (secondary N) is 1. The third-order valence-electron chi connectivity index (χ3n) is 1.95. The second-order valence-electron chi connectivity index (χ2n) is 3.21. The summed E-state index contributed by atoms with van der Waals surface area (Å²) >= 11 is 0. The van der Waals surface area contributed by atoms with Gasteiger partial charge in [0.2, 0.25) is 5.88 Å². The number of ether oxygens (including phenoxy) is 1. The molecule has 0 aliphatic heterocycles. The minimum atomic E-state index is 0.642. The largest absolute Gasteiger partial charge is 0.477 e. The summed E-state index contributed by atoms with van der Waals surface area (Å²) in [5.41, 5.74) is 1.17. The van der Waals surface area contributed by atoms with Gasteiger partial charge in [0, 0.05) is 18.8 Å². The van der Waals surface area contributed by atoms with Gasteiger partial charge in [0.05, 0.1) is 6.61 Å². The molecule has 0 fully saturated rings. The highest BCUT2D eigenvalue weighted by molar-refractivity contribution is 5.17. The van der Waals surface area contributed by atoms with Gasteiger partial charge >= 0.3 is 0 Å². The smallest absolute Gasteiger partial charge is 0.213 e. The minimum absolute atomic E-state index is 0.642. The normalized spacial score (nSPS) is 9.93. The van der Waals surface area contributed by atoms with Gasteiger partial charge in [-0.1, -0.05) is 19.1 Å². The Hall–Kier alpha value is -1.35. The molecule has 82 valence electrons. The zero-order valence-corrected chi connectivity index (χ0v) is 9.20. The van der Waals surface area contributed by atoms with Gasteiger partial charge in [0.15, 0.2) is 0 Å². The van der Waals surface area contributed by atoms with Crippen LogP contribution in [-0.2, 0) is 6.54 Å². The molecular weight excluding hydrogens is 188 g/mol. The molecule has 3 heteroatoms. The third-order valence-corrected chi connectivity index (χ3v) is 1.95. The Kier molecular flexibility index (Phi) is 5.48. The quantitative estimate of drug-likeness (QED) is 0.548. The van der Waals surface area contributed by atoms with Crippen molar-refractivity contribution in [3.05, 3.63) is 36.5 Å². The van der Waals surface area contributed by atoms with Crippen molar-refractivity contribution in [1.29, 1.82) is 0 Å². The molecule has 0 saturated heterocycles. The van der Waals surface area contributed by atoms with Gasteiger partial charge in [-0.05, 0) is 18.5 Å². The van der Waals surface area contributed by atoms with Crippen molar-refractivity contribution in [2.45, 2.75) is 19.9 Å². The molecule has 0 amide bonds. The van der Waals surface area contributed by atoms with Crippen molar-refractivity contribution in [3.63, 3.8) is 0 Å². The van der Waals surface area contributed by atoms with Crippen LogP contribution in [0.3, 0.4) is 0 Å². The molecule has 0 aliphatic carbocycles. The summed E-state index contributed by atoms with van der Waals surface area (Å²) in [6.45, 7) is 8.18. The lowest BCUT2D eigenvalue weighted by atomic mass is 10.3. The van der Waals surface area contributed by atoms with Crippen molar-refractivity contribution in [1.82, 2.24) is 10.3 Å². The highest BCUT2D eigenvalue weighted by atomic mass is 16.5. The summed E-state index contributed by atoms with van der Waals surface area (Å²) in [5.74, 6) is 0.678. The van der Waals surface area contributed by atoms with E-state index < -0.39 is 0 Å². The topological polar surface area (TPSA) is 34.1 Å². The van der Waals surface area contributed by atoms with Crippen molar-refractivity contribution in [2.75, 3.05) is 13.2 Å². The van der Waals surface area contributed by atoms with Crippen LogP contribution in [0.15, 0.2) is 31.0 Å². The fraction of sp³-hybridized carbons (Fsp3) is 0.417. The average Bonchev–Trinajstić information content (AvgIpc) is 2.28. The second-order valence-corrected chi connectivity index (χ2v) is 3.21. The Balaban J connectivity index is 2.38. The van der Waals surface area contributed by atoms with Crippen LogP contribution in [0.25, 0.3) is 0 Å². The van der Waals surface area contributed by atoms with E-state index >= 15 is 0 Å². The molecule has 0 radical (unpaired) electrons. The highest BCUT2D eigenvalue weighted by Gasteiger charge is 1.95. The first-order chi connectivity index (χ1) is 7.36. The molecule has 0 spiro atoms. The molecular formula is C12H18N2O. The summed E-state index contributed by atoms with van der Waals surface area (Å²) in [7, 11) is 0. The van der Waals surface area contributed by atoms with Crippen LogP contribution in [0.2, 0.25) is 0 Å². The first kappa shape index (κ1) is 11.7. The van der Waals surface area contributed by atoms with Crippen LogP contribution in [0.4, 0.5) is 0 Å². The molecule has 0 aliphatic rings. The van der Waals surface area contributed by atoms with E-state index in [1.165, 1.54) is 5.56 Å². The fourth-order valence-corrected chi connectivity index (χ4v) is 1.12. The Bertz CT molecular complexity index is 282. The highest BCUT2D eigenvalue weighted by Crippen LogP contribution is 2.07. The zero-order valence-electron chi connectivity index (χ0n) is 9.20. The molecule has 0 atom stereocenters. The molecule has 0 unspecified atom stereocenters. The van der Waals surface area contributed by atoms with E-state index in [4.69, 9.17) is 4.74 Å². The van der Waals surface area contributed by atoms with Crippen LogP contribution < -0.4 is 10.1 Å². The first-order valence-corrected chi connectivity index (χ1v) is 5.26. The van der Waals surface area contributed by atoms with Crippen LogP contribution in [-0.4, -0.2) is 18.1 Å². The molecule has 1 heterocycles. The molecule has 3 nitrogen and oxygen atoms in total. The molecule has 15 heavy (non-hydrogen) atoms. The summed E-state index contributed by atoms with van der Waals surface area (Å²) < 4.78 is 5.40. The van der Waals surface area contributed by atoms with Gasteiger partial charge < -0.3 is 10.1 Å². The first-order valence-electron chi connectivity index (χ1n) is 5.26. The average molecular weight is 206 g/mol. The molecule has 1 rings (SSSR count). The summed E-state index contributed by atoms with van der Waals surface area (Å²) in [5, 5.41) is 3.24. The predicted octanol–water partition coefficient (Wildman–Crippen LogP) is 2.15. The maximum atomic E-state index is 5.40. The van der Waals surface area contributed by atoms with Gasteiger partial charge in [0.25, 0.3) is 0 Å². The van der Waals surface area contributed by atoms with E-state index in [-0.39, 0.29) is 0 Å². The number of rotatable bonds is 7. The number of nitrogens with zero attached hydrogens (tertiary/aromatic N) is 1. The monoisotopic (exact) mass is 206 g/mol. The fourth-order valence-electron chi connectivity index (χ4n) is 1.12. The Morgan fingerprint density at radius 2 is 2.40 bits per heavy atom. The van der Waals surface area contributed by atoms with E-state index in [9.17, 15) is 0 Å². The number of pyridine rings is 1. The van der Waals surface area contributed by atoms with Crippen molar-refractivity contribution in [2.24, 2.45) is 0 Å². The van der Waals surface area contributed by atoms with E-state index in [0.29, 0.717) is 12.5 Å². The standard InChI is InChI=1S/C12H18N2O/c1-3-5-8-15-12-7-6-11(10-14-12)9-13-4-2/h3,6-7,10,13H,1,4-5,8-9H2,2H3. The lowest BCUT2D eigenvalue weighted by molar-refractivity contribution is 0.312.